The Labute approximate surface area is 240 Å². The van der Waals surface area contributed by atoms with Crippen molar-refractivity contribution in [1.29, 1.82) is 0 Å². The minimum atomic E-state index is -1.79. The molecule has 4 rings (SSSR count). The minimum absolute atomic E-state index is 0.0172. The van der Waals surface area contributed by atoms with Gasteiger partial charge in [-0.3, -0.25) is 4.79 Å². The molecule has 0 radical (unpaired) electrons. The van der Waals surface area contributed by atoms with Gasteiger partial charge in [-0.25, -0.2) is 9.59 Å². The summed E-state index contributed by atoms with van der Waals surface area (Å²) in [5.41, 5.74) is -0.792. The average Bonchev–Trinajstić information content (AvgIpc) is 3.21. The second-order valence-corrected chi connectivity index (χ2v) is 10.5. The number of fused-ring (bicyclic) bond motifs is 1. The monoisotopic (exact) mass is 594 g/mol. The number of aromatic hydroxyl groups is 1. The standard InChI is InChI=1S/C28H34O14/c1-13(29)42-28(2)10-17(31)20-16(25(36)37-3)11-39-26(21(20)28)41-27-24(35)23(34)22(33)18(40-27)12-38-19(32)9-6-14-4-7-15(30)8-5-14/h4-9,11,17-18,20-24,26-27,30-31,33-35H,10,12H2,1-3H3/b9-6+/t17-,18-,20+,21-,22-,23+,24-,26+,27+,28+/m1/s1. The zero-order valence-electron chi connectivity index (χ0n) is 23.1. The number of rotatable bonds is 8. The summed E-state index contributed by atoms with van der Waals surface area (Å²) in [7, 11) is 1.16. The van der Waals surface area contributed by atoms with E-state index in [0.717, 1.165) is 19.4 Å². The summed E-state index contributed by atoms with van der Waals surface area (Å²) in [6.07, 6.45) is -7.24. The van der Waals surface area contributed by atoms with Gasteiger partial charge in [-0.2, -0.15) is 0 Å². The van der Waals surface area contributed by atoms with Crippen LogP contribution in [0, 0.1) is 11.8 Å². The molecule has 2 aliphatic heterocycles. The van der Waals surface area contributed by atoms with Crippen LogP contribution in [0.1, 0.15) is 25.8 Å². The number of aliphatic hydroxyl groups excluding tert-OH is 4. The summed E-state index contributed by atoms with van der Waals surface area (Å²) in [6.45, 7) is 2.18. The highest BCUT2D eigenvalue weighted by Crippen LogP contribution is 2.51. The zero-order chi connectivity index (χ0) is 30.8. The third-order valence-corrected chi connectivity index (χ3v) is 7.53. The lowest BCUT2D eigenvalue weighted by Gasteiger charge is -2.44. The molecule has 1 aromatic carbocycles. The molecule has 0 bridgehead atoms. The van der Waals surface area contributed by atoms with Crippen LogP contribution < -0.4 is 0 Å². The fourth-order valence-electron chi connectivity index (χ4n) is 5.58. The van der Waals surface area contributed by atoms with E-state index in [0.29, 0.717) is 5.56 Å². The minimum Gasteiger partial charge on any atom is -0.508 e. The molecule has 1 saturated carbocycles. The molecule has 0 aromatic heterocycles. The molecule has 14 nitrogen and oxygen atoms in total. The van der Waals surface area contributed by atoms with Crippen molar-refractivity contribution in [3.8, 4) is 5.75 Å². The van der Waals surface area contributed by atoms with Gasteiger partial charge in [-0.1, -0.05) is 12.1 Å². The average molecular weight is 595 g/mol. The molecule has 0 unspecified atom stereocenters. The van der Waals surface area contributed by atoms with Gasteiger partial charge < -0.3 is 54.0 Å². The van der Waals surface area contributed by atoms with E-state index in [9.17, 15) is 39.9 Å². The lowest BCUT2D eigenvalue weighted by Crippen LogP contribution is -2.61. The molecule has 2 heterocycles. The Morgan fingerprint density at radius 2 is 1.74 bits per heavy atom. The molecule has 42 heavy (non-hydrogen) atoms. The lowest BCUT2D eigenvalue weighted by molar-refractivity contribution is -0.346. The van der Waals surface area contributed by atoms with E-state index >= 15 is 0 Å². The van der Waals surface area contributed by atoms with Crippen LogP contribution in [0.25, 0.3) is 6.08 Å². The molecule has 10 atom stereocenters. The second kappa shape index (κ2) is 12.8. The Hall–Kier alpha value is -3.53. The molecule has 230 valence electrons. The fraction of sp³-hybridized carbons (Fsp3) is 0.536. The van der Waals surface area contributed by atoms with Gasteiger partial charge in [0.1, 0.15) is 42.4 Å². The molecule has 0 amide bonds. The molecule has 5 N–H and O–H groups in total. The maximum Gasteiger partial charge on any atom is 0.337 e. The van der Waals surface area contributed by atoms with E-state index in [1.807, 2.05) is 0 Å². The van der Waals surface area contributed by atoms with Crippen LogP contribution in [-0.2, 0) is 42.8 Å². The molecular formula is C28H34O14. The van der Waals surface area contributed by atoms with E-state index in [-0.39, 0.29) is 17.7 Å². The largest absolute Gasteiger partial charge is 0.508 e. The van der Waals surface area contributed by atoms with Gasteiger partial charge in [0, 0.05) is 25.3 Å². The molecule has 3 aliphatic rings. The maximum atomic E-state index is 12.4. The van der Waals surface area contributed by atoms with Crippen molar-refractivity contribution < 1.29 is 68.3 Å². The number of benzene rings is 1. The SMILES string of the molecule is COC(=O)C1=CO[C@@H](O[C@@H]2O[C@H](COC(=O)/C=C/c3ccc(O)cc3)[C@@H](O)[C@H](O)[C@H]2O)[C@H]2[C@@H]1[C@H](O)C[C@]2(C)OC(C)=O. The quantitative estimate of drug-likeness (QED) is 0.146. The van der Waals surface area contributed by atoms with Crippen molar-refractivity contribution in [2.45, 2.75) is 69.0 Å². The van der Waals surface area contributed by atoms with Crippen molar-refractivity contribution in [1.82, 2.24) is 0 Å². The van der Waals surface area contributed by atoms with Gasteiger partial charge in [0.2, 0.25) is 6.29 Å². The van der Waals surface area contributed by atoms with Gasteiger partial charge in [-0.05, 0) is 30.7 Å². The van der Waals surface area contributed by atoms with Crippen molar-refractivity contribution in [2.75, 3.05) is 13.7 Å². The third-order valence-electron chi connectivity index (χ3n) is 7.53. The number of aliphatic hydroxyl groups is 4. The van der Waals surface area contributed by atoms with Crippen LogP contribution in [0.3, 0.4) is 0 Å². The van der Waals surface area contributed by atoms with E-state index in [4.69, 9.17) is 28.4 Å². The number of phenolic OH excluding ortho intramolecular Hbond substituents is 1. The zero-order valence-corrected chi connectivity index (χ0v) is 23.1. The first-order valence-electron chi connectivity index (χ1n) is 13.1. The van der Waals surface area contributed by atoms with E-state index < -0.39 is 85.1 Å². The Morgan fingerprint density at radius 1 is 1.05 bits per heavy atom. The van der Waals surface area contributed by atoms with Crippen LogP contribution >= 0.6 is 0 Å². The summed E-state index contributed by atoms with van der Waals surface area (Å²) in [5.74, 6) is -4.11. The Bertz CT molecular complexity index is 1210. The number of carbonyl (C=O) groups excluding carboxylic acids is 3. The molecule has 1 saturated heterocycles. The highest BCUT2D eigenvalue weighted by atomic mass is 16.8. The first-order chi connectivity index (χ1) is 19.8. The second-order valence-electron chi connectivity index (χ2n) is 10.5. The van der Waals surface area contributed by atoms with Crippen LogP contribution in [0.5, 0.6) is 5.75 Å². The lowest BCUT2D eigenvalue weighted by atomic mass is 9.80. The highest BCUT2D eigenvalue weighted by Gasteiger charge is 2.62. The normalized spacial score (nSPS) is 36.0. The number of carbonyl (C=O) groups is 3. The predicted octanol–water partition coefficient (Wildman–Crippen LogP) is -0.495. The van der Waals surface area contributed by atoms with Gasteiger partial charge in [0.05, 0.1) is 31.0 Å². The van der Waals surface area contributed by atoms with E-state index in [2.05, 4.69) is 0 Å². The third kappa shape index (κ3) is 6.59. The van der Waals surface area contributed by atoms with Crippen molar-refractivity contribution in [3.63, 3.8) is 0 Å². The summed E-state index contributed by atoms with van der Waals surface area (Å²) in [6, 6.07) is 6.03. The predicted molar refractivity (Wildman–Crippen MR) is 139 cm³/mol. The van der Waals surface area contributed by atoms with Crippen molar-refractivity contribution in [2.24, 2.45) is 11.8 Å². The molecule has 1 aromatic rings. The number of esters is 3. The van der Waals surface area contributed by atoms with E-state index in [1.165, 1.54) is 32.1 Å². The topological polar surface area (TPSA) is 208 Å². The summed E-state index contributed by atoms with van der Waals surface area (Å²) < 4.78 is 32.6. The van der Waals surface area contributed by atoms with Crippen LogP contribution in [-0.4, -0.2) is 106 Å². The van der Waals surface area contributed by atoms with E-state index in [1.54, 1.807) is 12.1 Å². The van der Waals surface area contributed by atoms with Crippen molar-refractivity contribution in [3.05, 3.63) is 47.7 Å². The van der Waals surface area contributed by atoms with Crippen molar-refractivity contribution >= 4 is 24.0 Å². The Kier molecular flexibility index (Phi) is 9.55. The number of hydrogen-bond acceptors (Lipinski definition) is 14. The number of phenols is 1. The molecule has 1 aliphatic carbocycles. The molecule has 2 fully saturated rings. The highest BCUT2D eigenvalue weighted by molar-refractivity contribution is 5.89. The first kappa shape index (κ1) is 31.4. The summed E-state index contributed by atoms with van der Waals surface area (Å²) >= 11 is 0. The van der Waals surface area contributed by atoms with Gasteiger partial charge >= 0.3 is 17.9 Å². The number of hydrogen-bond donors (Lipinski definition) is 5. The number of ether oxygens (including phenoxy) is 6. The first-order valence-corrected chi connectivity index (χ1v) is 13.1. The smallest absolute Gasteiger partial charge is 0.337 e. The van der Waals surface area contributed by atoms with Crippen LogP contribution in [0.2, 0.25) is 0 Å². The number of methoxy groups -OCH3 is 1. The van der Waals surface area contributed by atoms with Gasteiger partial charge in [0.25, 0.3) is 0 Å². The molecule has 0 spiro atoms. The fourth-order valence-corrected chi connectivity index (χ4v) is 5.58. The van der Waals surface area contributed by atoms with Gasteiger partial charge in [0.15, 0.2) is 6.29 Å². The molecular weight excluding hydrogens is 560 g/mol. The summed E-state index contributed by atoms with van der Waals surface area (Å²) in [4.78, 5) is 36.6. The Balaban J connectivity index is 1.49. The van der Waals surface area contributed by atoms with Crippen LogP contribution in [0.15, 0.2) is 42.2 Å². The Morgan fingerprint density at radius 3 is 2.38 bits per heavy atom. The van der Waals surface area contributed by atoms with Gasteiger partial charge in [-0.15, -0.1) is 0 Å². The maximum absolute atomic E-state index is 12.4. The van der Waals surface area contributed by atoms with Crippen LogP contribution in [0.4, 0.5) is 0 Å². The molecule has 14 heteroatoms. The summed E-state index contributed by atoms with van der Waals surface area (Å²) in [5, 5.41) is 51.8.